The number of nitrogens with two attached hydrogens (primary N) is 1. The lowest BCUT2D eigenvalue weighted by Crippen LogP contribution is -2.14. The van der Waals surface area contributed by atoms with E-state index in [1.54, 1.807) is 25.6 Å². The molecular weight excluding hydrogens is 433 g/mol. The first kappa shape index (κ1) is 21.6. The first-order valence-corrected chi connectivity index (χ1v) is 11.0. The number of amides is 1. The molecule has 3 heterocycles. The number of ether oxygens (including phenoxy) is 1. The number of allylic oxidation sites excluding steroid dienone is 1. The highest BCUT2D eigenvalue weighted by atomic mass is 19.1. The molecule has 0 radical (unpaired) electrons. The third kappa shape index (κ3) is 3.87. The van der Waals surface area contributed by atoms with E-state index in [9.17, 15) is 9.18 Å². The fraction of sp³-hybridized carbons (Fsp3) is 0.192. The van der Waals surface area contributed by atoms with Gasteiger partial charge in [0.2, 0.25) is 0 Å². The molecule has 0 saturated heterocycles. The largest absolute Gasteiger partial charge is 0.495 e. The van der Waals surface area contributed by atoms with Crippen molar-refractivity contribution in [2.45, 2.75) is 26.3 Å². The van der Waals surface area contributed by atoms with E-state index in [-0.39, 0.29) is 11.5 Å². The molecule has 0 fully saturated rings. The Morgan fingerprint density at radius 2 is 2.00 bits per heavy atom. The summed E-state index contributed by atoms with van der Waals surface area (Å²) in [5, 5.41) is 0. The van der Waals surface area contributed by atoms with Gasteiger partial charge in [-0.1, -0.05) is 6.07 Å². The number of carbonyl (C=O) groups is 1. The van der Waals surface area contributed by atoms with Crippen molar-refractivity contribution < 1.29 is 13.9 Å². The van der Waals surface area contributed by atoms with Crippen LogP contribution in [-0.4, -0.2) is 32.1 Å². The molecule has 0 unspecified atom stereocenters. The first-order valence-electron chi connectivity index (χ1n) is 11.0. The number of primary amides is 1. The second-order valence-corrected chi connectivity index (χ2v) is 8.28. The summed E-state index contributed by atoms with van der Waals surface area (Å²) in [6, 6.07) is 12.0. The van der Waals surface area contributed by atoms with Crippen molar-refractivity contribution in [2.75, 3.05) is 7.11 Å². The predicted octanol–water partition coefficient (Wildman–Crippen LogP) is 4.63. The van der Waals surface area contributed by atoms with E-state index >= 15 is 0 Å². The molecule has 0 bridgehead atoms. The van der Waals surface area contributed by atoms with Crippen molar-refractivity contribution >= 4 is 17.6 Å². The molecule has 5 rings (SSSR count). The summed E-state index contributed by atoms with van der Waals surface area (Å²) >= 11 is 0. The molecule has 0 spiro atoms. The normalized spacial score (nSPS) is 14.3. The monoisotopic (exact) mass is 457 g/mol. The molecular formula is C26H24FN5O2. The Labute approximate surface area is 196 Å². The minimum absolute atomic E-state index is 0.192. The number of carbonyl (C=O) groups excluding carboxylic acids is 1. The van der Waals surface area contributed by atoms with Crippen LogP contribution in [0.4, 0.5) is 4.39 Å². The molecule has 2 N–H and O–H groups in total. The molecule has 7 nitrogen and oxygen atoms in total. The van der Waals surface area contributed by atoms with Crippen LogP contribution in [0.1, 0.15) is 40.4 Å². The maximum absolute atomic E-state index is 13.5. The SMILES string of the molecule is COc1cc(/C=C2\CCCn3c2nc(C(N)=O)c3-c2ccc(F)cc2)ccc1-n1cnc(C)c1. The van der Waals surface area contributed by atoms with Crippen LogP contribution in [0.3, 0.4) is 0 Å². The summed E-state index contributed by atoms with van der Waals surface area (Å²) in [7, 11) is 1.64. The van der Waals surface area contributed by atoms with Crippen LogP contribution in [0, 0.1) is 12.7 Å². The van der Waals surface area contributed by atoms with Crippen LogP contribution < -0.4 is 10.5 Å². The Morgan fingerprint density at radius 1 is 1.21 bits per heavy atom. The lowest BCUT2D eigenvalue weighted by Gasteiger charge is -2.20. The smallest absolute Gasteiger partial charge is 0.269 e. The third-order valence-corrected chi connectivity index (χ3v) is 5.97. The first-order chi connectivity index (χ1) is 16.4. The zero-order valence-corrected chi connectivity index (χ0v) is 19.0. The molecule has 4 aromatic rings. The maximum atomic E-state index is 13.5. The molecule has 2 aromatic heterocycles. The number of rotatable bonds is 5. The van der Waals surface area contributed by atoms with Crippen molar-refractivity contribution in [1.82, 2.24) is 19.1 Å². The van der Waals surface area contributed by atoms with E-state index in [0.717, 1.165) is 41.1 Å². The minimum Gasteiger partial charge on any atom is -0.495 e. The van der Waals surface area contributed by atoms with E-state index in [0.29, 0.717) is 23.6 Å². The van der Waals surface area contributed by atoms with Gasteiger partial charge in [-0.05, 0) is 73.4 Å². The Morgan fingerprint density at radius 3 is 2.68 bits per heavy atom. The average Bonchev–Trinajstić information content (AvgIpc) is 3.44. The van der Waals surface area contributed by atoms with Crippen LogP contribution >= 0.6 is 0 Å². The summed E-state index contributed by atoms with van der Waals surface area (Å²) in [6.45, 7) is 2.63. The summed E-state index contributed by atoms with van der Waals surface area (Å²) < 4.78 is 23.1. The van der Waals surface area contributed by atoms with Crippen molar-refractivity contribution in [3.8, 4) is 22.7 Å². The van der Waals surface area contributed by atoms with Gasteiger partial charge >= 0.3 is 0 Å². The molecule has 2 aromatic carbocycles. The van der Waals surface area contributed by atoms with Gasteiger partial charge in [0.25, 0.3) is 5.91 Å². The van der Waals surface area contributed by atoms with Gasteiger partial charge in [-0.25, -0.2) is 14.4 Å². The van der Waals surface area contributed by atoms with Crippen LogP contribution in [0.5, 0.6) is 5.75 Å². The van der Waals surface area contributed by atoms with Crippen LogP contribution in [-0.2, 0) is 6.54 Å². The number of imidazole rings is 2. The number of aryl methyl sites for hydroxylation is 1. The summed E-state index contributed by atoms with van der Waals surface area (Å²) in [5.41, 5.74) is 11.0. The molecule has 1 aliphatic rings. The number of hydrogen-bond acceptors (Lipinski definition) is 4. The van der Waals surface area contributed by atoms with Gasteiger partial charge in [-0.3, -0.25) is 4.79 Å². The minimum atomic E-state index is -0.609. The van der Waals surface area contributed by atoms with Crippen LogP contribution in [0.25, 0.3) is 28.6 Å². The number of benzene rings is 2. The van der Waals surface area contributed by atoms with Gasteiger partial charge in [0, 0.05) is 18.3 Å². The zero-order valence-electron chi connectivity index (χ0n) is 19.0. The molecule has 0 atom stereocenters. The number of nitrogens with zero attached hydrogens (tertiary/aromatic N) is 4. The molecule has 1 amide bonds. The number of halogens is 1. The van der Waals surface area contributed by atoms with Crippen molar-refractivity contribution in [1.29, 1.82) is 0 Å². The fourth-order valence-electron chi connectivity index (χ4n) is 4.42. The van der Waals surface area contributed by atoms with Gasteiger partial charge < -0.3 is 19.6 Å². The van der Waals surface area contributed by atoms with Crippen LogP contribution in [0.2, 0.25) is 0 Å². The number of hydrogen-bond donors (Lipinski definition) is 1. The number of methoxy groups -OCH3 is 1. The quantitative estimate of drug-likeness (QED) is 0.474. The van der Waals surface area contributed by atoms with Crippen molar-refractivity contribution in [3.05, 3.63) is 83.6 Å². The Hall–Kier alpha value is -4.20. The fourth-order valence-corrected chi connectivity index (χ4v) is 4.42. The van der Waals surface area contributed by atoms with Crippen molar-refractivity contribution in [2.24, 2.45) is 5.73 Å². The number of fused-ring (bicyclic) bond motifs is 1. The van der Waals surface area contributed by atoms with E-state index < -0.39 is 5.91 Å². The van der Waals surface area contributed by atoms with Gasteiger partial charge in [0.05, 0.1) is 30.5 Å². The van der Waals surface area contributed by atoms with Gasteiger partial charge in [-0.2, -0.15) is 0 Å². The summed E-state index contributed by atoms with van der Waals surface area (Å²) in [6.07, 6.45) is 7.44. The van der Waals surface area contributed by atoms with E-state index in [4.69, 9.17) is 10.5 Å². The summed E-state index contributed by atoms with van der Waals surface area (Å²) in [5.74, 6) is 0.470. The topological polar surface area (TPSA) is 88.0 Å². The number of aromatic nitrogens is 4. The Kier molecular flexibility index (Phi) is 5.49. The second-order valence-electron chi connectivity index (χ2n) is 8.28. The van der Waals surface area contributed by atoms with E-state index in [2.05, 4.69) is 16.0 Å². The molecule has 172 valence electrons. The Balaban J connectivity index is 1.59. The van der Waals surface area contributed by atoms with E-state index in [1.807, 2.05) is 40.5 Å². The highest BCUT2D eigenvalue weighted by Gasteiger charge is 2.26. The van der Waals surface area contributed by atoms with Gasteiger partial charge in [-0.15, -0.1) is 0 Å². The standard InChI is InChI=1S/C26H24FN5O2/c1-16-14-31(15-29-16)21-10-5-17(13-22(21)34-2)12-19-4-3-11-32-24(18-6-8-20(27)9-7-18)23(25(28)33)30-26(19)32/h5-10,12-15H,3-4,11H2,1-2H3,(H2,28,33)/b19-12+. The van der Waals surface area contributed by atoms with Gasteiger partial charge in [0.15, 0.2) is 5.69 Å². The zero-order chi connectivity index (χ0) is 23.8. The second kappa shape index (κ2) is 8.62. The van der Waals surface area contributed by atoms with Gasteiger partial charge in [0.1, 0.15) is 17.4 Å². The molecule has 0 aliphatic carbocycles. The van der Waals surface area contributed by atoms with Crippen molar-refractivity contribution in [3.63, 3.8) is 0 Å². The lowest BCUT2D eigenvalue weighted by molar-refractivity contribution is 0.0996. The van der Waals surface area contributed by atoms with Crippen LogP contribution in [0.15, 0.2) is 55.0 Å². The molecule has 8 heteroatoms. The predicted molar refractivity (Wildman–Crippen MR) is 128 cm³/mol. The molecule has 34 heavy (non-hydrogen) atoms. The molecule has 0 saturated carbocycles. The molecule has 1 aliphatic heterocycles. The summed E-state index contributed by atoms with van der Waals surface area (Å²) in [4.78, 5) is 21.1. The highest BCUT2D eigenvalue weighted by molar-refractivity contribution is 5.98. The third-order valence-electron chi connectivity index (χ3n) is 5.97. The Bertz CT molecular complexity index is 1420. The maximum Gasteiger partial charge on any atom is 0.269 e. The lowest BCUT2D eigenvalue weighted by atomic mass is 10.0. The highest BCUT2D eigenvalue weighted by Crippen LogP contribution is 2.35. The average molecular weight is 458 g/mol. The van der Waals surface area contributed by atoms with E-state index in [1.165, 1.54) is 12.1 Å².